The van der Waals surface area contributed by atoms with Gasteiger partial charge in [-0.05, 0) is 41.8 Å². The summed E-state index contributed by atoms with van der Waals surface area (Å²) in [5.74, 6) is -0.312. The van der Waals surface area contributed by atoms with Crippen LogP contribution in [0.15, 0.2) is 36.4 Å². The highest BCUT2D eigenvalue weighted by molar-refractivity contribution is 6.33. The fraction of sp³-hybridized carbons (Fsp3) is 0.133. The molecule has 90 valence electrons. The van der Waals surface area contributed by atoms with Crippen LogP contribution in [0, 0.1) is 24.1 Å². The molecule has 0 N–H and O–H groups in total. The molecule has 2 aromatic rings. The van der Waals surface area contributed by atoms with Gasteiger partial charge in [-0.2, -0.15) is 5.26 Å². The summed E-state index contributed by atoms with van der Waals surface area (Å²) in [4.78, 5) is 0. The SMILES string of the molecule is Cc1cc(-c2cc(F)ccc2Cl)ccc1CC#N. The number of rotatable bonds is 2. The molecule has 2 aromatic carbocycles. The van der Waals surface area contributed by atoms with Crippen molar-refractivity contribution < 1.29 is 4.39 Å². The lowest BCUT2D eigenvalue weighted by molar-refractivity contribution is 0.628. The highest BCUT2D eigenvalue weighted by atomic mass is 35.5. The van der Waals surface area contributed by atoms with Gasteiger partial charge in [0.15, 0.2) is 0 Å². The van der Waals surface area contributed by atoms with Gasteiger partial charge in [-0.3, -0.25) is 0 Å². The van der Waals surface area contributed by atoms with Gasteiger partial charge in [-0.25, -0.2) is 4.39 Å². The number of aryl methyl sites for hydroxylation is 1. The third-order valence-corrected chi connectivity index (χ3v) is 3.18. The molecule has 0 aliphatic rings. The van der Waals surface area contributed by atoms with E-state index in [1.54, 1.807) is 6.07 Å². The summed E-state index contributed by atoms with van der Waals surface area (Å²) >= 11 is 6.07. The van der Waals surface area contributed by atoms with Crippen LogP contribution in [0.1, 0.15) is 11.1 Å². The second-order valence-electron chi connectivity index (χ2n) is 4.10. The van der Waals surface area contributed by atoms with Crippen molar-refractivity contribution in [1.82, 2.24) is 0 Å². The maximum atomic E-state index is 13.2. The van der Waals surface area contributed by atoms with Crippen LogP contribution in [0.25, 0.3) is 11.1 Å². The van der Waals surface area contributed by atoms with Crippen molar-refractivity contribution in [3.8, 4) is 17.2 Å². The molecular weight excluding hydrogens is 249 g/mol. The van der Waals surface area contributed by atoms with Crippen LogP contribution >= 0.6 is 11.6 Å². The van der Waals surface area contributed by atoms with Crippen LogP contribution in [-0.4, -0.2) is 0 Å². The van der Waals surface area contributed by atoms with E-state index in [4.69, 9.17) is 16.9 Å². The molecule has 18 heavy (non-hydrogen) atoms. The molecule has 0 saturated heterocycles. The maximum absolute atomic E-state index is 13.2. The first-order chi connectivity index (χ1) is 8.61. The minimum Gasteiger partial charge on any atom is -0.207 e. The van der Waals surface area contributed by atoms with Gasteiger partial charge in [0.1, 0.15) is 5.82 Å². The van der Waals surface area contributed by atoms with E-state index in [9.17, 15) is 4.39 Å². The van der Waals surface area contributed by atoms with Gasteiger partial charge in [-0.1, -0.05) is 29.8 Å². The van der Waals surface area contributed by atoms with Crippen molar-refractivity contribution in [2.24, 2.45) is 0 Å². The monoisotopic (exact) mass is 259 g/mol. The second-order valence-corrected chi connectivity index (χ2v) is 4.51. The molecule has 1 nitrogen and oxygen atoms in total. The van der Waals surface area contributed by atoms with Crippen molar-refractivity contribution in [2.45, 2.75) is 13.3 Å². The van der Waals surface area contributed by atoms with E-state index in [0.29, 0.717) is 17.0 Å². The smallest absolute Gasteiger partial charge is 0.123 e. The Kier molecular flexibility index (Phi) is 3.64. The van der Waals surface area contributed by atoms with Crippen molar-refractivity contribution in [2.75, 3.05) is 0 Å². The van der Waals surface area contributed by atoms with E-state index < -0.39 is 0 Å². The molecule has 0 amide bonds. The van der Waals surface area contributed by atoms with Crippen molar-refractivity contribution in [3.05, 3.63) is 58.4 Å². The Morgan fingerprint density at radius 3 is 2.67 bits per heavy atom. The second kappa shape index (κ2) is 5.20. The quantitative estimate of drug-likeness (QED) is 0.778. The molecule has 0 heterocycles. The predicted molar refractivity (Wildman–Crippen MR) is 70.9 cm³/mol. The summed E-state index contributed by atoms with van der Waals surface area (Å²) in [6.07, 6.45) is 0.378. The van der Waals surface area contributed by atoms with E-state index in [1.165, 1.54) is 12.1 Å². The van der Waals surface area contributed by atoms with Crippen LogP contribution in [0.3, 0.4) is 0 Å². The first kappa shape index (κ1) is 12.6. The van der Waals surface area contributed by atoms with E-state index in [1.807, 2.05) is 25.1 Å². The van der Waals surface area contributed by atoms with Crippen LogP contribution in [0.4, 0.5) is 4.39 Å². The predicted octanol–water partition coefficient (Wildman–Crippen LogP) is 4.52. The summed E-state index contributed by atoms with van der Waals surface area (Å²) in [6.45, 7) is 1.93. The van der Waals surface area contributed by atoms with Crippen LogP contribution in [-0.2, 0) is 6.42 Å². The zero-order chi connectivity index (χ0) is 13.1. The van der Waals surface area contributed by atoms with Crippen LogP contribution in [0.5, 0.6) is 0 Å². The first-order valence-electron chi connectivity index (χ1n) is 5.53. The third kappa shape index (κ3) is 2.52. The molecule has 3 heteroatoms. The minimum absolute atomic E-state index is 0.312. The van der Waals surface area contributed by atoms with Gasteiger partial charge in [-0.15, -0.1) is 0 Å². The van der Waals surface area contributed by atoms with Gasteiger partial charge >= 0.3 is 0 Å². The van der Waals surface area contributed by atoms with Gasteiger partial charge in [0.05, 0.1) is 12.5 Å². The largest absolute Gasteiger partial charge is 0.207 e. The average Bonchev–Trinajstić information content (AvgIpc) is 2.35. The standard InChI is InChI=1S/C15H11ClFN/c1-10-8-12(3-2-11(10)6-7-18)14-9-13(17)4-5-15(14)16/h2-5,8-9H,6H2,1H3. The van der Waals surface area contributed by atoms with Crippen molar-refractivity contribution in [1.29, 1.82) is 5.26 Å². The lowest BCUT2D eigenvalue weighted by Gasteiger charge is -2.08. The molecular formula is C15H11ClFN. The molecule has 0 atom stereocenters. The van der Waals surface area contributed by atoms with Gasteiger partial charge < -0.3 is 0 Å². The lowest BCUT2D eigenvalue weighted by Crippen LogP contribution is -1.89. The Hall–Kier alpha value is -1.85. The molecule has 0 aliphatic heterocycles. The van der Waals surface area contributed by atoms with E-state index in [-0.39, 0.29) is 5.82 Å². The van der Waals surface area contributed by atoms with Crippen molar-refractivity contribution >= 4 is 11.6 Å². The summed E-state index contributed by atoms with van der Waals surface area (Å²) in [5, 5.41) is 9.21. The summed E-state index contributed by atoms with van der Waals surface area (Å²) in [7, 11) is 0. The van der Waals surface area contributed by atoms with E-state index in [2.05, 4.69) is 6.07 Å². The van der Waals surface area contributed by atoms with Gasteiger partial charge in [0.2, 0.25) is 0 Å². The van der Waals surface area contributed by atoms with Crippen molar-refractivity contribution in [3.63, 3.8) is 0 Å². The average molecular weight is 260 g/mol. The zero-order valence-corrected chi connectivity index (χ0v) is 10.6. The fourth-order valence-corrected chi connectivity index (χ4v) is 2.09. The van der Waals surface area contributed by atoms with Crippen LogP contribution < -0.4 is 0 Å². The van der Waals surface area contributed by atoms with Crippen LogP contribution in [0.2, 0.25) is 5.02 Å². The molecule has 0 spiro atoms. The fourth-order valence-electron chi connectivity index (χ4n) is 1.87. The Labute approximate surface area is 110 Å². The Bertz CT molecular complexity index is 629. The number of nitrogens with zero attached hydrogens (tertiary/aromatic N) is 1. The molecule has 0 aliphatic carbocycles. The highest BCUT2D eigenvalue weighted by Gasteiger charge is 2.07. The minimum atomic E-state index is -0.312. The number of hydrogen-bond donors (Lipinski definition) is 0. The Balaban J connectivity index is 2.49. The van der Waals surface area contributed by atoms with Gasteiger partial charge in [0, 0.05) is 10.6 Å². The summed E-state index contributed by atoms with van der Waals surface area (Å²) < 4.78 is 13.2. The Morgan fingerprint density at radius 2 is 2.00 bits per heavy atom. The summed E-state index contributed by atoms with van der Waals surface area (Å²) in [6, 6.07) is 12.1. The summed E-state index contributed by atoms with van der Waals surface area (Å²) in [5.41, 5.74) is 3.52. The third-order valence-electron chi connectivity index (χ3n) is 2.85. The topological polar surface area (TPSA) is 23.8 Å². The molecule has 0 aromatic heterocycles. The molecule has 0 bridgehead atoms. The number of benzene rings is 2. The number of hydrogen-bond acceptors (Lipinski definition) is 1. The maximum Gasteiger partial charge on any atom is 0.123 e. The molecule has 0 radical (unpaired) electrons. The lowest BCUT2D eigenvalue weighted by atomic mass is 9.98. The van der Waals surface area contributed by atoms with Gasteiger partial charge in [0.25, 0.3) is 0 Å². The molecule has 0 saturated carbocycles. The van der Waals surface area contributed by atoms with E-state index >= 15 is 0 Å². The molecule has 2 rings (SSSR count). The highest BCUT2D eigenvalue weighted by Crippen LogP contribution is 2.30. The number of nitriles is 1. The van der Waals surface area contributed by atoms with E-state index in [0.717, 1.165) is 16.7 Å². The molecule has 0 fully saturated rings. The first-order valence-corrected chi connectivity index (χ1v) is 5.91. The zero-order valence-electron chi connectivity index (χ0n) is 9.87. The molecule has 0 unspecified atom stereocenters. The number of halogens is 2. The Morgan fingerprint density at radius 1 is 1.22 bits per heavy atom. The normalized spacial score (nSPS) is 10.1.